The van der Waals surface area contributed by atoms with Gasteiger partial charge in [0.05, 0.1) is 6.61 Å². The zero-order valence-electron chi connectivity index (χ0n) is 19.7. The van der Waals surface area contributed by atoms with Crippen molar-refractivity contribution in [2.45, 2.75) is 72.6 Å². The number of thiol groups is 1. The summed E-state index contributed by atoms with van der Waals surface area (Å²) in [6, 6.07) is 9.79. The Morgan fingerprint density at radius 2 is 1.73 bits per heavy atom. The van der Waals surface area contributed by atoms with Crippen LogP contribution in [0.25, 0.3) is 0 Å². The maximum atomic E-state index is 12.0. The third-order valence-electron chi connectivity index (χ3n) is 5.55. The maximum absolute atomic E-state index is 12.0. The number of allylic oxidation sites excluding steroid dienone is 3. The third-order valence-corrected chi connectivity index (χ3v) is 5.85. The molecule has 0 fully saturated rings. The number of rotatable bonds is 3. The summed E-state index contributed by atoms with van der Waals surface area (Å²) in [4.78, 5) is 24.7. The molecular weight excluding hydrogens is 392 g/mol. The molecule has 3 nitrogen and oxygen atoms in total. The molecule has 2 aliphatic carbocycles. The van der Waals surface area contributed by atoms with E-state index in [0.29, 0.717) is 5.92 Å². The highest BCUT2D eigenvalue weighted by Gasteiger charge is 2.37. The number of hydrogen-bond donors (Lipinski definition) is 2. The molecule has 0 spiro atoms. The largest absolute Gasteiger partial charge is 0.392 e. The predicted octanol–water partition coefficient (Wildman–Crippen LogP) is 6.47. The van der Waals surface area contributed by atoms with Crippen molar-refractivity contribution in [3.63, 3.8) is 0 Å². The summed E-state index contributed by atoms with van der Waals surface area (Å²) in [7, 11) is 0. The van der Waals surface area contributed by atoms with Crippen molar-refractivity contribution < 1.29 is 14.7 Å². The molecule has 0 saturated heterocycles. The summed E-state index contributed by atoms with van der Waals surface area (Å²) in [5, 5.41) is 9.42. The first-order valence-corrected chi connectivity index (χ1v) is 11.6. The van der Waals surface area contributed by atoms with E-state index >= 15 is 0 Å². The first-order valence-electron chi connectivity index (χ1n) is 11.1. The van der Waals surface area contributed by atoms with Gasteiger partial charge in [0, 0.05) is 22.3 Å². The normalized spacial score (nSPS) is 20.7. The van der Waals surface area contributed by atoms with Crippen LogP contribution in [-0.2, 0) is 9.59 Å². The molecule has 0 aromatic heterocycles. The van der Waals surface area contributed by atoms with Gasteiger partial charge in [0.15, 0.2) is 5.78 Å². The molecule has 1 aromatic rings. The Balaban J connectivity index is 0.000000636. The Hall–Kier alpha value is -1.65. The number of carbonyl (C=O) groups is 2. The second-order valence-corrected chi connectivity index (χ2v) is 7.77. The van der Waals surface area contributed by atoms with Gasteiger partial charge in [0.25, 0.3) is 0 Å². The molecule has 1 aromatic carbocycles. The van der Waals surface area contributed by atoms with E-state index in [9.17, 15) is 14.7 Å². The number of hydrogen-bond acceptors (Lipinski definition) is 4. The van der Waals surface area contributed by atoms with Gasteiger partial charge in [-0.05, 0) is 62.8 Å². The van der Waals surface area contributed by atoms with Gasteiger partial charge >= 0.3 is 0 Å². The molecule has 0 radical (unpaired) electrons. The lowest BCUT2D eigenvalue weighted by Crippen LogP contribution is -2.21. The Morgan fingerprint density at radius 3 is 2.17 bits per heavy atom. The van der Waals surface area contributed by atoms with Crippen molar-refractivity contribution in [3.05, 3.63) is 53.1 Å². The fourth-order valence-electron chi connectivity index (χ4n) is 3.81. The van der Waals surface area contributed by atoms with Crippen LogP contribution in [0.2, 0.25) is 0 Å². The van der Waals surface area contributed by atoms with Crippen LogP contribution in [-0.4, -0.2) is 23.3 Å². The van der Waals surface area contributed by atoms with Crippen LogP contribution >= 0.6 is 12.6 Å². The maximum Gasteiger partial charge on any atom is 0.182 e. The molecule has 3 unspecified atom stereocenters. The molecule has 0 bridgehead atoms. The predicted molar refractivity (Wildman–Crippen MR) is 130 cm³/mol. The molecule has 1 N–H and O–H groups in total. The fraction of sp³-hybridized carbons (Fsp3) is 0.538. The van der Waals surface area contributed by atoms with Crippen LogP contribution in [0.5, 0.6) is 0 Å². The van der Waals surface area contributed by atoms with Crippen molar-refractivity contribution in [1.82, 2.24) is 0 Å². The molecule has 4 heteroatoms. The van der Waals surface area contributed by atoms with Gasteiger partial charge in [-0.2, -0.15) is 0 Å². The van der Waals surface area contributed by atoms with Crippen molar-refractivity contribution in [1.29, 1.82) is 0 Å². The lowest BCUT2D eigenvalue weighted by atomic mass is 9.80. The summed E-state index contributed by atoms with van der Waals surface area (Å²) in [6.45, 7) is 13.6. The number of Topliss-reactive ketones (excluding diaryl/α,β-unsaturated/α-hetero) is 1. The van der Waals surface area contributed by atoms with Crippen molar-refractivity contribution >= 4 is 24.2 Å². The fourth-order valence-corrected chi connectivity index (χ4v) is 3.98. The van der Waals surface area contributed by atoms with E-state index in [4.69, 9.17) is 0 Å². The Morgan fingerprint density at radius 1 is 1.17 bits per heavy atom. The molecule has 3 rings (SSSR count). The Kier molecular flexibility index (Phi) is 14.4. The lowest BCUT2D eigenvalue weighted by Gasteiger charge is -2.24. The van der Waals surface area contributed by atoms with E-state index in [1.807, 2.05) is 71.9 Å². The highest BCUT2D eigenvalue weighted by molar-refractivity contribution is 7.80. The van der Waals surface area contributed by atoms with Crippen LogP contribution in [0.4, 0.5) is 0 Å². The summed E-state index contributed by atoms with van der Waals surface area (Å²) < 4.78 is 0. The molecule has 0 heterocycles. The topological polar surface area (TPSA) is 54.4 Å². The standard InChI is InChI=1S/C16H22O3.C6H6S.2C2H6/c1-9-4-5-12(10(2)11(3)18)6-14-13(8-17)7-15(19)16(9)14;7-6-4-2-1-3-5-6;2*1-2/h7,10,12,14,17H,4-6,8H2,1-3H3;1-5,7H;2*1-2H3. The molecule has 0 aliphatic heterocycles. The number of benzene rings is 1. The molecule has 3 atom stereocenters. The summed E-state index contributed by atoms with van der Waals surface area (Å²) >= 11 is 4.08. The molecule has 0 amide bonds. The third kappa shape index (κ3) is 8.23. The summed E-state index contributed by atoms with van der Waals surface area (Å²) in [5.41, 5.74) is 2.83. The zero-order valence-corrected chi connectivity index (χ0v) is 20.6. The molecule has 0 saturated carbocycles. The van der Waals surface area contributed by atoms with E-state index in [-0.39, 0.29) is 30.0 Å². The number of aliphatic hydroxyl groups excluding tert-OH is 1. The highest BCUT2D eigenvalue weighted by atomic mass is 32.1. The van der Waals surface area contributed by atoms with Crippen molar-refractivity contribution in [2.24, 2.45) is 17.8 Å². The minimum Gasteiger partial charge on any atom is -0.392 e. The van der Waals surface area contributed by atoms with Gasteiger partial charge in [-0.3, -0.25) is 9.59 Å². The van der Waals surface area contributed by atoms with Crippen LogP contribution in [0.3, 0.4) is 0 Å². The monoisotopic (exact) mass is 432 g/mol. The van der Waals surface area contributed by atoms with Gasteiger partial charge in [-0.25, -0.2) is 0 Å². The summed E-state index contributed by atoms with van der Waals surface area (Å²) in [5.74, 6) is 0.637. The van der Waals surface area contributed by atoms with E-state index in [1.54, 1.807) is 13.0 Å². The zero-order chi connectivity index (χ0) is 23.3. The second-order valence-electron chi connectivity index (χ2n) is 7.26. The first kappa shape index (κ1) is 28.4. The molecule has 168 valence electrons. The van der Waals surface area contributed by atoms with Gasteiger partial charge in [-0.1, -0.05) is 58.4 Å². The lowest BCUT2D eigenvalue weighted by molar-refractivity contribution is -0.122. The van der Waals surface area contributed by atoms with E-state index in [0.717, 1.165) is 40.9 Å². The molecule has 30 heavy (non-hydrogen) atoms. The van der Waals surface area contributed by atoms with Crippen molar-refractivity contribution in [3.8, 4) is 0 Å². The quantitative estimate of drug-likeness (QED) is 0.538. The van der Waals surface area contributed by atoms with Crippen LogP contribution < -0.4 is 0 Å². The average molecular weight is 433 g/mol. The highest BCUT2D eigenvalue weighted by Crippen LogP contribution is 2.42. The van der Waals surface area contributed by atoms with Gasteiger partial charge in [-0.15, -0.1) is 12.6 Å². The van der Waals surface area contributed by atoms with Crippen LogP contribution in [0.15, 0.2) is 58.0 Å². The number of aliphatic hydroxyl groups is 1. The van der Waals surface area contributed by atoms with Gasteiger partial charge in [0.1, 0.15) is 5.78 Å². The van der Waals surface area contributed by atoms with E-state index in [1.165, 1.54) is 0 Å². The Labute approximate surface area is 189 Å². The van der Waals surface area contributed by atoms with E-state index < -0.39 is 0 Å². The van der Waals surface area contributed by atoms with Crippen LogP contribution in [0.1, 0.15) is 67.7 Å². The van der Waals surface area contributed by atoms with Gasteiger partial charge in [0.2, 0.25) is 0 Å². The molecule has 2 aliphatic rings. The smallest absolute Gasteiger partial charge is 0.182 e. The first-order chi connectivity index (χ1) is 14.3. The van der Waals surface area contributed by atoms with Crippen LogP contribution in [0, 0.1) is 17.8 Å². The second kappa shape index (κ2) is 15.2. The van der Waals surface area contributed by atoms with Gasteiger partial charge < -0.3 is 5.11 Å². The summed E-state index contributed by atoms with van der Waals surface area (Å²) in [6.07, 6.45) is 4.24. The Bertz CT molecular complexity index is 719. The minimum absolute atomic E-state index is 0.0304. The minimum atomic E-state index is -0.0612. The number of fused-ring (bicyclic) bond motifs is 1. The number of ketones is 2. The number of carbonyl (C=O) groups excluding carboxylic acids is 2. The SMILES string of the molecule is CC.CC.CC(=O)C(C)C1CCC(C)=C2C(=O)C=C(CO)C2C1.Sc1ccccc1. The average Bonchev–Trinajstić information content (AvgIpc) is 2.97. The van der Waals surface area contributed by atoms with E-state index in [2.05, 4.69) is 12.6 Å². The van der Waals surface area contributed by atoms with Crippen molar-refractivity contribution in [2.75, 3.05) is 6.61 Å². The molecular formula is C26H40O3S.